The molecule has 1 atom stereocenters. The molecule has 1 N–H and O–H groups in total. The van der Waals surface area contributed by atoms with Crippen LogP contribution in [-0.2, 0) is 15.8 Å². The molecule has 1 unspecified atom stereocenters. The summed E-state index contributed by atoms with van der Waals surface area (Å²) in [6.45, 7) is 3.82. The first kappa shape index (κ1) is 18.9. The van der Waals surface area contributed by atoms with Crippen molar-refractivity contribution in [3.8, 4) is 0 Å². The molecule has 4 nitrogen and oxygen atoms in total. The van der Waals surface area contributed by atoms with Crippen LogP contribution in [-0.4, -0.2) is 18.4 Å². The SMILES string of the molecule is Cc1ccc(C)c(NC(=O)C2CC(=O)N(c3cccc(C(F)(F)F)c3)C2)c1. The zero-order chi connectivity index (χ0) is 19.8. The Hall–Kier alpha value is -2.83. The first-order chi connectivity index (χ1) is 12.6. The molecule has 27 heavy (non-hydrogen) atoms. The maximum Gasteiger partial charge on any atom is 0.416 e. The van der Waals surface area contributed by atoms with E-state index >= 15 is 0 Å². The summed E-state index contributed by atoms with van der Waals surface area (Å²) < 4.78 is 38.7. The number of rotatable bonds is 3. The monoisotopic (exact) mass is 376 g/mol. The van der Waals surface area contributed by atoms with Gasteiger partial charge in [0.2, 0.25) is 11.8 Å². The average molecular weight is 376 g/mol. The summed E-state index contributed by atoms with van der Waals surface area (Å²) in [5.41, 5.74) is 1.88. The van der Waals surface area contributed by atoms with Crippen LogP contribution in [0.1, 0.15) is 23.1 Å². The maximum atomic E-state index is 12.9. The van der Waals surface area contributed by atoms with E-state index in [1.807, 2.05) is 32.0 Å². The molecule has 3 rings (SSSR count). The second kappa shape index (κ2) is 7.06. The van der Waals surface area contributed by atoms with E-state index in [0.29, 0.717) is 5.69 Å². The summed E-state index contributed by atoms with van der Waals surface area (Å²) in [6.07, 6.45) is -4.52. The highest BCUT2D eigenvalue weighted by Gasteiger charge is 2.37. The summed E-state index contributed by atoms with van der Waals surface area (Å²) in [7, 11) is 0. The number of nitrogens with zero attached hydrogens (tertiary/aromatic N) is 1. The van der Waals surface area contributed by atoms with Gasteiger partial charge in [-0.25, -0.2) is 0 Å². The van der Waals surface area contributed by atoms with Gasteiger partial charge in [0.15, 0.2) is 0 Å². The summed E-state index contributed by atoms with van der Waals surface area (Å²) in [5, 5.41) is 2.82. The van der Waals surface area contributed by atoms with Crippen LogP contribution in [0.2, 0.25) is 0 Å². The van der Waals surface area contributed by atoms with Crippen molar-refractivity contribution in [2.75, 3.05) is 16.8 Å². The minimum atomic E-state index is -4.49. The number of carbonyl (C=O) groups is 2. The molecule has 0 saturated carbocycles. The Kier molecular flexibility index (Phi) is 4.95. The van der Waals surface area contributed by atoms with Crippen LogP contribution in [0.25, 0.3) is 0 Å². The van der Waals surface area contributed by atoms with Crippen molar-refractivity contribution in [3.63, 3.8) is 0 Å². The normalized spacial score (nSPS) is 17.3. The van der Waals surface area contributed by atoms with Crippen molar-refractivity contribution < 1.29 is 22.8 Å². The van der Waals surface area contributed by atoms with Gasteiger partial charge in [-0.15, -0.1) is 0 Å². The van der Waals surface area contributed by atoms with Crippen molar-refractivity contribution in [3.05, 3.63) is 59.2 Å². The Morgan fingerprint density at radius 1 is 1.15 bits per heavy atom. The number of hydrogen-bond acceptors (Lipinski definition) is 2. The summed E-state index contributed by atoms with van der Waals surface area (Å²) >= 11 is 0. The number of aryl methyl sites for hydroxylation is 2. The minimum absolute atomic E-state index is 0.0348. The van der Waals surface area contributed by atoms with Gasteiger partial charge in [0.25, 0.3) is 0 Å². The predicted octanol–water partition coefficient (Wildman–Crippen LogP) is 4.31. The number of alkyl halides is 3. The molecule has 2 amide bonds. The molecule has 1 aliphatic rings. The molecule has 2 aromatic carbocycles. The Labute approximate surface area is 155 Å². The highest BCUT2D eigenvalue weighted by atomic mass is 19.4. The highest BCUT2D eigenvalue weighted by molar-refractivity contribution is 6.03. The molecule has 0 bridgehead atoms. The molecule has 0 spiro atoms. The van der Waals surface area contributed by atoms with Crippen molar-refractivity contribution in [2.45, 2.75) is 26.4 Å². The molecule has 2 aromatic rings. The van der Waals surface area contributed by atoms with Gasteiger partial charge in [-0.2, -0.15) is 13.2 Å². The van der Waals surface area contributed by atoms with Crippen molar-refractivity contribution >= 4 is 23.2 Å². The number of anilines is 2. The third kappa shape index (κ3) is 4.13. The van der Waals surface area contributed by atoms with E-state index < -0.39 is 17.7 Å². The van der Waals surface area contributed by atoms with Crippen LogP contribution in [0.4, 0.5) is 24.5 Å². The lowest BCUT2D eigenvalue weighted by Gasteiger charge is -2.18. The predicted molar refractivity (Wildman–Crippen MR) is 96.4 cm³/mol. The molecule has 1 aliphatic heterocycles. The first-order valence-electron chi connectivity index (χ1n) is 8.51. The quantitative estimate of drug-likeness (QED) is 0.868. The van der Waals surface area contributed by atoms with Crippen LogP contribution in [0.3, 0.4) is 0 Å². The lowest BCUT2D eigenvalue weighted by atomic mass is 10.1. The molecular formula is C20H19F3N2O2. The lowest BCUT2D eigenvalue weighted by molar-refractivity contribution is -0.137. The molecular weight excluding hydrogens is 357 g/mol. The summed E-state index contributed by atoms with van der Waals surface area (Å²) in [5.74, 6) is -1.30. The van der Waals surface area contributed by atoms with Crippen molar-refractivity contribution in [1.82, 2.24) is 0 Å². The molecule has 7 heteroatoms. The van der Waals surface area contributed by atoms with Crippen LogP contribution < -0.4 is 10.2 Å². The number of benzene rings is 2. The topological polar surface area (TPSA) is 49.4 Å². The van der Waals surface area contributed by atoms with Gasteiger partial charge >= 0.3 is 6.18 Å². The Morgan fingerprint density at radius 2 is 1.89 bits per heavy atom. The van der Waals surface area contributed by atoms with Gasteiger partial charge in [0, 0.05) is 24.3 Å². The summed E-state index contributed by atoms with van der Waals surface area (Å²) in [6, 6.07) is 10.2. The van der Waals surface area contributed by atoms with E-state index in [2.05, 4.69) is 5.32 Å². The second-order valence-corrected chi connectivity index (χ2v) is 6.76. The van der Waals surface area contributed by atoms with Gasteiger partial charge in [-0.05, 0) is 49.2 Å². The number of amides is 2. The standard InChI is InChI=1S/C20H19F3N2O2/c1-12-6-7-13(2)17(8-12)24-19(27)14-9-18(26)25(11-14)16-5-3-4-15(10-16)20(21,22)23/h3-8,10,14H,9,11H2,1-2H3,(H,24,27). The molecule has 142 valence electrons. The fourth-order valence-corrected chi connectivity index (χ4v) is 3.09. The van der Waals surface area contributed by atoms with E-state index in [-0.39, 0.29) is 30.5 Å². The van der Waals surface area contributed by atoms with Crippen molar-refractivity contribution in [1.29, 1.82) is 0 Å². The second-order valence-electron chi connectivity index (χ2n) is 6.76. The van der Waals surface area contributed by atoms with Gasteiger partial charge in [-0.3, -0.25) is 9.59 Å². The van der Waals surface area contributed by atoms with Crippen molar-refractivity contribution in [2.24, 2.45) is 5.92 Å². The molecule has 1 fully saturated rings. The van der Waals surface area contributed by atoms with Crippen LogP contribution >= 0.6 is 0 Å². The van der Waals surface area contributed by atoms with Crippen LogP contribution in [0.15, 0.2) is 42.5 Å². The molecule has 1 saturated heterocycles. The Bertz CT molecular complexity index is 893. The Balaban J connectivity index is 1.75. The zero-order valence-corrected chi connectivity index (χ0v) is 14.9. The lowest BCUT2D eigenvalue weighted by Crippen LogP contribution is -2.28. The number of halogens is 3. The largest absolute Gasteiger partial charge is 0.416 e. The number of nitrogens with one attached hydrogen (secondary N) is 1. The van der Waals surface area contributed by atoms with E-state index in [1.165, 1.54) is 17.0 Å². The van der Waals surface area contributed by atoms with E-state index in [4.69, 9.17) is 0 Å². The highest BCUT2D eigenvalue weighted by Crippen LogP contribution is 2.33. The Morgan fingerprint density at radius 3 is 2.59 bits per heavy atom. The molecule has 0 aromatic heterocycles. The number of hydrogen-bond donors (Lipinski definition) is 1. The molecule has 0 aliphatic carbocycles. The zero-order valence-electron chi connectivity index (χ0n) is 14.9. The maximum absolute atomic E-state index is 12.9. The van der Waals surface area contributed by atoms with Gasteiger partial charge < -0.3 is 10.2 Å². The third-order valence-electron chi connectivity index (χ3n) is 4.63. The first-order valence-corrected chi connectivity index (χ1v) is 8.51. The third-order valence-corrected chi connectivity index (χ3v) is 4.63. The smallest absolute Gasteiger partial charge is 0.326 e. The van der Waals surface area contributed by atoms with Gasteiger partial charge in [0.1, 0.15) is 0 Å². The van der Waals surface area contributed by atoms with E-state index in [1.54, 1.807) is 0 Å². The summed E-state index contributed by atoms with van der Waals surface area (Å²) in [4.78, 5) is 26.1. The van der Waals surface area contributed by atoms with Crippen LogP contribution in [0, 0.1) is 19.8 Å². The van der Waals surface area contributed by atoms with E-state index in [0.717, 1.165) is 23.3 Å². The molecule has 1 heterocycles. The average Bonchev–Trinajstić information content (AvgIpc) is 2.99. The number of carbonyl (C=O) groups excluding carboxylic acids is 2. The van der Waals surface area contributed by atoms with Gasteiger partial charge in [0.05, 0.1) is 11.5 Å². The fraction of sp³-hybridized carbons (Fsp3) is 0.300. The fourth-order valence-electron chi connectivity index (χ4n) is 3.09. The minimum Gasteiger partial charge on any atom is -0.326 e. The molecule has 0 radical (unpaired) electrons. The van der Waals surface area contributed by atoms with Gasteiger partial charge in [-0.1, -0.05) is 18.2 Å². The van der Waals surface area contributed by atoms with Crippen LogP contribution in [0.5, 0.6) is 0 Å². The van der Waals surface area contributed by atoms with E-state index in [9.17, 15) is 22.8 Å².